The lowest BCUT2D eigenvalue weighted by atomic mass is 10.1. The number of hydrogen-bond acceptors (Lipinski definition) is 2. The van der Waals surface area contributed by atoms with Gasteiger partial charge in [-0.05, 0) is 75.0 Å². The maximum Gasteiger partial charge on any atom is 0.148 e. The summed E-state index contributed by atoms with van der Waals surface area (Å²) in [5, 5.41) is 0. The summed E-state index contributed by atoms with van der Waals surface area (Å²) >= 11 is 7.11. The monoisotopic (exact) mass is 397 g/mol. The van der Waals surface area contributed by atoms with Crippen LogP contribution in [0.2, 0.25) is 0 Å². The molecule has 0 radical (unpaired) electrons. The average Bonchev–Trinajstić information content (AvgIpc) is 2.40. The maximum absolute atomic E-state index is 5.90. The SMILES string of the molecule is Cc1ccc(COc2c(Br)cc(CCN)cc2Br)cc1. The first-order valence-electron chi connectivity index (χ1n) is 6.46. The Morgan fingerprint density at radius 1 is 1.00 bits per heavy atom. The zero-order valence-corrected chi connectivity index (χ0v) is 14.5. The minimum Gasteiger partial charge on any atom is -0.487 e. The third kappa shape index (κ3) is 4.08. The van der Waals surface area contributed by atoms with Gasteiger partial charge in [0.2, 0.25) is 0 Å². The lowest BCUT2D eigenvalue weighted by molar-refractivity contribution is 0.302. The molecular formula is C16H17Br2NO. The topological polar surface area (TPSA) is 35.2 Å². The Bertz CT molecular complexity index is 559. The van der Waals surface area contributed by atoms with Gasteiger partial charge in [0.15, 0.2) is 0 Å². The molecule has 0 aromatic heterocycles. The van der Waals surface area contributed by atoms with E-state index in [1.54, 1.807) is 0 Å². The molecule has 0 saturated carbocycles. The number of ether oxygens (including phenoxy) is 1. The van der Waals surface area contributed by atoms with Gasteiger partial charge in [0, 0.05) is 0 Å². The van der Waals surface area contributed by atoms with Gasteiger partial charge in [0.25, 0.3) is 0 Å². The first kappa shape index (κ1) is 15.5. The van der Waals surface area contributed by atoms with E-state index < -0.39 is 0 Å². The first-order valence-corrected chi connectivity index (χ1v) is 8.05. The fraction of sp³-hybridized carbons (Fsp3) is 0.250. The Morgan fingerprint density at radius 3 is 2.15 bits per heavy atom. The molecule has 0 fully saturated rings. The van der Waals surface area contributed by atoms with Crippen LogP contribution in [-0.2, 0) is 13.0 Å². The molecule has 0 aliphatic carbocycles. The Labute approximate surface area is 136 Å². The van der Waals surface area contributed by atoms with Crippen molar-refractivity contribution in [2.75, 3.05) is 6.54 Å². The molecule has 4 heteroatoms. The van der Waals surface area contributed by atoms with Gasteiger partial charge in [-0.25, -0.2) is 0 Å². The van der Waals surface area contributed by atoms with Crippen molar-refractivity contribution in [3.05, 3.63) is 62.0 Å². The highest BCUT2D eigenvalue weighted by Gasteiger charge is 2.09. The Balaban J connectivity index is 2.11. The van der Waals surface area contributed by atoms with Crippen LogP contribution in [0.25, 0.3) is 0 Å². The molecule has 0 aliphatic heterocycles. The normalized spacial score (nSPS) is 10.6. The predicted molar refractivity (Wildman–Crippen MR) is 90.1 cm³/mol. The molecule has 0 aliphatic rings. The van der Waals surface area contributed by atoms with E-state index in [1.807, 2.05) is 0 Å². The molecule has 2 nitrogen and oxygen atoms in total. The average molecular weight is 399 g/mol. The van der Waals surface area contributed by atoms with E-state index in [9.17, 15) is 0 Å². The highest BCUT2D eigenvalue weighted by atomic mass is 79.9. The lowest BCUT2D eigenvalue weighted by Crippen LogP contribution is -2.03. The molecule has 0 bridgehead atoms. The van der Waals surface area contributed by atoms with Crippen LogP contribution in [0.5, 0.6) is 5.75 Å². The summed E-state index contributed by atoms with van der Waals surface area (Å²) in [5.74, 6) is 0.825. The second-order valence-corrected chi connectivity index (χ2v) is 6.41. The minimum absolute atomic E-state index is 0.549. The lowest BCUT2D eigenvalue weighted by Gasteiger charge is -2.12. The fourth-order valence-corrected chi connectivity index (χ4v) is 3.41. The molecule has 20 heavy (non-hydrogen) atoms. The van der Waals surface area contributed by atoms with Gasteiger partial charge >= 0.3 is 0 Å². The first-order chi connectivity index (χ1) is 9.60. The van der Waals surface area contributed by atoms with Crippen LogP contribution >= 0.6 is 31.9 Å². The summed E-state index contributed by atoms with van der Waals surface area (Å²) in [6.07, 6.45) is 0.857. The van der Waals surface area contributed by atoms with Crippen molar-refractivity contribution in [1.82, 2.24) is 0 Å². The molecule has 0 spiro atoms. The van der Waals surface area contributed by atoms with Crippen LogP contribution in [0.3, 0.4) is 0 Å². The van der Waals surface area contributed by atoms with Crippen molar-refractivity contribution in [2.45, 2.75) is 20.0 Å². The smallest absolute Gasteiger partial charge is 0.148 e. The molecule has 2 aromatic carbocycles. The van der Waals surface area contributed by atoms with Crippen LogP contribution in [0.1, 0.15) is 16.7 Å². The van der Waals surface area contributed by atoms with Gasteiger partial charge in [-0.3, -0.25) is 0 Å². The standard InChI is InChI=1S/C16H17Br2NO/c1-11-2-4-12(5-3-11)10-20-16-14(17)8-13(6-7-19)9-15(16)18/h2-5,8-9H,6-7,10,19H2,1H3. The van der Waals surface area contributed by atoms with E-state index in [1.165, 1.54) is 11.1 Å². The molecule has 0 saturated heterocycles. The Morgan fingerprint density at radius 2 is 1.60 bits per heavy atom. The molecular weight excluding hydrogens is 382 g/mol. The van der Waals surface area contributed by atoms with Crippen molar-refractivity contribution in [1.29, 1.82) is 0 Å². The van der Waals surface area contributed by atoms with Crippen molar-refractivity contribution >= 4 is 31.9 Å². The summed E-state index contributed by atoms with van der Waals surface area (Å²) in [4.78, 5) is 0. The Kier molecular flexibility index (Phi) is 5.64. The van der Waals surface area contributed by atoms with Crippen LogP contribution in [0.4, 0.5) is 0 Å². The van der Waals surface area contributed by atoms with Crippen molar-refractivity contribution in [3.63, 3.8) is 0 Å². The maximum atomic E-state index is 5.90. The number of nitrogens with two attached hydrogens (primary N) is 1. The number of benzene rings is 2. The van der Waals surface area contributed by atoms with E-state index in [0.717, 1.165) is 26.7 Å². The summed E-state index contributed by atoms with van der Waals surface area (Å²) in [6.45, 7) is 3.27. The van der Waals surface area contributed by atoms with Gasteiger partial charge in [0.05, 0.1) is 8.95 Å². The second kappa shape index (κ2) is 7.25. The van der Waals surface area contributed by atoms with Gasteiger partial charge < -0.3 is 10.5 Å². The number of hydrogen-bond donors (Lipinski definition) is 1. The van der Waals surface area contributed by atoms with Crippen LogP contribution in [0.15, 0.2) is 45.3 Å². The summed E-state index contributed by atoms with van der Waals surface area (Å²) < 4.78 is 7.80. The van der Waals surface area contributed by atoms with E-state index in [4.69, 9.17) is 10.5 Å². The van der Waals surface area contributed by atoms with Gasteiger partial charge in [0.1, 0.15) is 12.4 Å². The molecule has 2 aromatic rings. The van der Waals surface area contributed by atoms with E-state index >= 15 is 0 Å². The van der Waals surface area contributed by atoms with Crippen LogP contribution in [0, 0.1) is 6.92 Å². The largest absolute Gasteiger partial charge is 0.487 e. The van der Waals surface area contributed by atoms with Crippen molar-refractivity contribution in [3.8, 4) is 5.75 Å². The zero-order chi connectivity index (χ0) is 14.5. The quantitative estimate of drug-likeness (QED) is 0.798. The van der Waals surface area contributed by atoms with Crippen molar-refractivity contribution < 1.29 is 4.74 Å². The molecule has 106 valence electrons. The highest BCUT2D eigenvalue weighted by molar-refractivity contribution is 9.11. The van der Waals surface area contributed by atoms with Gasteiger partial charge in [-0.1, -0.05) is 29.8 Å². The molecule has 0 amide bonds. The number of rotatable bonds is 5. The van der Waals surface area contributed by atoms with E-state index in [-0.39, 0.29) is 0 Å². The summed E-state index contributed by atoms with van der Waals surface area (Å²) in [5.41, 5.74) is 9.18. The zero-order valence-electron chi connectivity index (χ0n) is 11.3. The molecule has 0 atom stereocenters. The molecule has 2 N–H and O–H groups in total. The third-order valence-corrected chi connectivity index (χ3v) is 4.17. The van der Waals surface area contributed by atoms with E-state index in [0.29, 0.717) is 13.2 Å². The molecule has 2 rings (SSSR count). The summed E-state index contributed by atoms with van der Waals surface area (Å²) in [7, 11) is 0. The molecule has 0 heterocycles. The van der Waals surface area contributed by atoms with E-state index in [2.05, 4.69) is 75.2 Å². The Hall–Kier alpha value is -0.840. The summed E-state index contributed by atoms with van der Waals surface area (Å²) in [6, 6.07) is 12.5. The van der Waals surface area contributed by atoms with Crippen LogP contribution < -0.4 is 10.5 Å². The van der Waals surface area contributed by atoms with Gasteiger partial charge in [-0.15, -0.1) is 0 Å². The third-order valence-electron chi connectivity index (χ3n) is 2.99. The molecule has 0 unspecified atom stereocenters. The highest BCUT2D eigenvalue weighted by Crippen LogP contribution is 2.35. The number of aryl methyl sites for hydroxylation is 1. The number of halogens is 2. The van der Waals surface area contributed by atoms with Crippen LogP contribution in [-0.4, -0.2) is 6.54 Å². The predicted octanol–water partition coefficient (Wildman–Crippen LogP) is 4.60. The fourth-order valence-electron chi connectivity index (χ4n) is 1.90. The second-order valence-electron chi connectivity index (χ2n) is 4.70. The van der Waals surface area contributed by atoms with Crippen molar-refractivity contribution in [2.24, 2.45) is 5.73 Å². The minimum atomic E-state index is 0.549. The van der Waals surface area contributed by atoms with Gasteiger partial charge in [-0.2, -0.15) is 0 Å².